The van der Waals surface area contributed by atoms with Gasteiger partial charge in [-0.05, 0) is 36.1 Å². The van der Waals surface area contributed by atoms with E-state index in [0.717, 1.165) is 5.56 Å². The number of hydrogen-bond acceptors (Lipinski definition) is 2. The number of fused-ring (bicyclic) bond motifs is 1. The normalized spacial score (nSPS) is 13.5. The van der Waals surface area contributed by atoms with Gasteiger partial charge in [-0.25, -0.2) is 0 Å². The third-order valence-corrected chi connectivity index (χ3v) is 3.32. The summed E-state index contributed by atoms with van der Waals surface area (Å²) in [6, 6.07) is 5.78. The Kier molecular flexibility index (Phi) is 3.67. The summed E-state index contributed by atoms with van der Waals surface area (Å²) < 4.78 is 5.66. The van der Waals surface area contributed by atoms with E-state index in [1.54, 1.807) is 6.08 Å². The molecule has 0 radical (unpaired) electrons. The molecule has 2 nitrogen and oxygen atoms in total. The molecule has 0 N–H and O–H groups in total. The molecule has 0 spiro atoms. The maximum Gasteiger partial charge on any atom is 0.200 e. The van der Waals surface area contributed by atoms with E-state index in [9.17, 15) is 4.79 Å². The van der Waals surface area contributed by atoms with E-state index in [1.165, 1.54) is 0 Å². The van der Waals surface area contributed by atoms with Gasteiger partial charge in [-0.15, -0.1) is 0 Å². The Bertz CT molecular complexity index is 831. The molecule has 2 rings (SSSR count). The summed E-state index contributed by atoms with van der Waals surface area (Å²) in [7, 11) is 0. The van der Waals surface area contributed by atoms with Crippen molar-refractivity contribution in [2.24, 2.45) is 0 Å². The lowest BCUT2D eigenvalue weighted by Crippen LogP contribution is -2.37. The van der Waals surface area contributed by atoms with Gasteiger partial charge in [0.1, 0.15) is 11.0 Å². The predicted octanol–water partition coefficient (Wildman–Crippen LogP) is 2.86. The summed E-state index contributed by atoms with van der Waals surface area (Å²) in [5.41, 5.74) is 2.08. The third-order valence-electron chi connectivity index (χ3n) is 3.32. The first kappa shape index (κ1) is 14.3. The number of rotatable bonds is 1. The minimum atomic E-state index is -0.0274. The first-order valence-corrected chi connectivity index (χ1v) is 6.74. The molecule has 0 saturated heterocycles. The second-order valence-corrected chi connectivity index (χ2v) is 5.92. The second kappa shape index (κ2) is 5.12. The Balaban J connectivity index is 2.89. The first-order chi connectivity index (χ1) is 9.34. The lowest BCUT2D eigenvalue weighted by atomic mass is 9.86. The molecule has 0 unspecified atom stereocenters. The molecule has 20 heavy (non-hydrogen) atoms. The summed E-state index contributed by atoms with van der Waals surface area (Å²) in [6.45, 7) is 12.1. The van der Waals surface area contributed by atoms with Gasteiger partial charge in [-0.3, -0.25) is 4.79 Å². The molecular weight excluding hydrogens is 248 g/mol. The van der Waals surface area contributed by atoms with Crippen LogP contribution in [0.5, 0.6) is 0 Å². The Morgan fingerprint density at radius 1 is 1.25 bits per heavy atom. The van der Waals surface area contributed by atoms with E-state index >= 15 is 0 Å². The van der Waals surface area contributed by atoms with Crippen LogP contribution in [0.25, 0.3) is 23.6 Å². The molecule has 2 heteroatoms. The highest BCUT2D eigenvalue weighted by molar-refractivity contribution is 5.77. The second-order valence-electron chi connectivity index (χ2n) is 5.92. The number of allylic oxidation sites excluding steroid dienone is 2. The number of hydrogen-bond donors (Lipinski definition) is 0. The van der Waals surface area contributed by atoms with Gasteiger partial charge in [0.05, 0.1) is 10.6 Å². The molecule has 0 atom stereocenters. The van der Waals surface area contributed by atoms with Crippen molar-refractivity contribution >= 4 is 23.6 Å². The molecule has 0 saturated carbocycles. The Morgan fingerprint density at radius 3 is 2.55 bits per heavy atom. The van der Waals surface area contributed by atoms with Crippen molar-refractivity contribution in [3.8, 4) is 0 Å². The van der Waals surface area contributed by atoms with Crippen molar-refractivity contribution < 1.29 is 4.42 Å². The predicted molar refractivity (Wildman–Crippen MR) is 85.2 cm³/mol. The molecule has 1 aromatic heterocycles. The van der Waals surface area contributed by atoms with Gasteiger partial charge in [-0.2, -0.15) is 0 Å². The molecule has 104 valence electrons. The molecular formula is C18H20O2. The quantitative estimate of drug-likeness (QED) is 0.796. The maximum atomic E-state index is 12.6. The van der Waals surface area contributed by atoms with Crippen LogP contribution in [0.4, 0.5) is 0 Å². The summed E-state index contributed by atoms with van der Waals surface area (Å²) in [6.07, 6.45) is 5.44. The van der Waals surface area contributed by atoms with Gasteiger partial charge in [0.25, 0.3) is 0 Å². The fourth-order valence-corrected chi connectivity index (χ4v) is 2.08. The van der Waals surface area contributed by atoms with Crippen molar-refractivity contribution in [2.45, 2.75) is 33.1 Å². The minimum absolute atomic E-state index is 0.00301. The smallest absolute Gasteiger partial charge is 0.200 e. The van der Waals surface area contributed by atoms with Crippen LogP contribution in [0.2, 0.25) is 0 Å². The highest BCUT2D eigenvalue weighted by atomic mass is 16.3. The lowest BCUT2D eigenvalue weighted by Gasteiger charge is -2.18. The van der Waals surface area contributed by atoms with Crippen molar-refractivity contribution in [1.82, 2.24) is 0 Å². The Hall–Kier alpha value is -2.09. The van der Waals surface area contributed by atoms with Crippen LogP contribution >= 0.6 is 0 Å². The van der Waals surface area contributed by atoms with Gasteiger partial charge in [0, 0.05) is 0 Å². The zero-order valence-corrected chi connectivity index (χ0v) is 12.5. The largest absolute Gasteiger partial charge is 0.456 e. The van der Waals surface area contributed by atoms with Crippen LogP contribution in [0.15, 0.2) is 39.6 Å². The lowest BCUT2D eigenvalue weighted by molar-refractivity contribution is 0.558. The van der Waals surface area contributed by atoms with Crippen LogP contribution in [0.3, 0.4) is 0 Å². The third kappa shape index (κ3) is 2.60. The Morgan fingerprint density at radius 2 is 1.95 bits per heavy atom. The van der Waals surface area contributed by atoms with Crippen LogP contribution < -0.4 is 16.1 Å². The van der Waals surface area contributed by atoms with Gasteiger partial charge in [0.15, 0.2) is 0 Å². The minimum Gasteiger partial charge on any atom is -0.456 e. The van der Waals surface area contributed by atoms with Crippen LogP contribution in [-0.4, -0.2) is 0 Å². The maximum absolute atomic E-state index is 12.6. The molecule has 0 fully saturated rings. The van der Waals surface area contributed by atoms with E-state index in [1.807, 2.05) is 37.3 Å². The Labute approximate surface area is 118 Å². The molecule has 0 bridgehead atoms. The molecule has 0 aliphatic rings. The van der Waals surface area contributed by atoms with Crippen molar-refractivity contribution in [3.63, 3.8) is 0 Å². The molecule has 0 aliphatic carbocycles. The zero-order valence-electron chi connectivity index (χ0n) is 12.5. The van der Waals surface area contributed by atoms with Crippen LogP contribution in [0, 0.1) is 0 Å². The van der Waals surface area contributed by atoms with Gasteiger partial charge in [0.2, 0.25) is 5.43 Å². The van der Waals surface area contributed by atoms with Gasteiger partial charge >= 0.3 is 0 Å². The summed E-state index contributed by atoms with van der Waals surface area (Å²) in [5.74, 6) is 0. The average molecular weight is 268 g/mol. The van der Waals surface area contributed by atoms with E-state index in [-0.39, 0.29) is 10.8 Å². The fraction of sp³-hybridized carbons (Fsp3) is 0.278. The van der Waals surface area contributed by atoms with E-state index < -0.39 is 0 Å². The monoisotopic (exact) mass is 268 g/mol. The van der Waals surface area contributed by atoms with Crippen LogP contribution in [0.1, 0.15) is 33.3 Å². The topological polar surface area (TPSA) is 30.2 Å². The summed E-state index contributed by atoms with van der Waals surface area (Å²) >= 11 is 0. The average Bonchev–Trinajstić information content (AvgIpc) is 2.37. The summed E-state index contributed by atoms with van der Waals surface area (Å²) in [5, 5.41) is 1.13. The van der Waals surface area contributed by atoms with E-state index in [0.29, 0.717) is 21.6 Å². The zero-order chi connectivity index (χ0) is 14.9. The van der Waals surface area contributed by atoms with Crippen molar-refractivity contribution in [2.75, 3.05) is 0 Å². The standard InChI is InChI=1S/C18H20O2/c1-6-7-8-14-12(2)20-16-10-9-13(18(3,4)5)11-15(16)17(14)19/h6-11H,2H2,1,3-5H3/b7-6-,14-8+. The van der Waals surface area contributed by atoms with E-state index in [2.05, 4.69) is 27.4 Å². The molecule has 2 aromatic rings. The highest BCUT2D eigenvalue weighted by Gasteiger charge is 2.15. The molecule has 1 heterocycles. The molecule has 1 aromatic carbocycles. The summed E-state index contributed by atoms with van der Waals surface area (Å²) in [4.78, 5) is 12.6. The van der Waals surface area contributed by atoms with Crippen molar-refractivity contribution in [1.29, 1.82) is 0 Å². The van der Waals surface area contributed by atoms with Crippen LogP contribution in [-0.2, 0) is 5.41 Å². The number of benzene rings is 1. The van der Waals surface area contributed by atoms with Gasteiger partial charge < -0.3 is 4.42 Å². The SMILES string of the molecule is C=c1oc2ccc(C(C)(C)C)cc2c(=O)/c1=C/C=C\C. The van der Waals surface area contributed by atoms with Crippen molar-refractivity contribution in [3.05, 3.63) is 56.8 Å². The first-order valence-electron chi connectivity index (χ1n) is 6.74. The molecule has 0 amide bonds. The fourth-order valence-electron chi connectivity index (χ4n) is 2.08. The highest BCUT2D eigenvalue weighted by Crippen LogP contribution is 2.24. The van der Waals surface area contributed by atoms with E-state index in [4.69, 9.17) is 4.42 Å². The molecule has 0 aliphatic heterocycles. The van der Waals surface area contributed by atoms with Gasteiger partial charge in [-0.1, -0.05) is 45.6 Å².